The predicted molar refractivity (Wildman–Crippen MR) is 110 cm³/mol. The second kappa shape index (κ2) is 7.53. The number of rotatable bonds is 5. The van der Waals surface area contributed by atoms with Gasteiger partial charge in [-0.3, -0.25) is 9.20 Å². The van der Waals surface area contributed by atoms with Gasteiger partial charge in [0.15, 0.2) is 5.65 Å². The molecule has 0 aliphatic rings. The quantitative estimate of drug-likeness (QED) is 0.667. The highest BCUT2D eigenvalue weighted by Crippen LogP contribution is 2.29. The van der Waals surface area contributed by atoms with Gasteiger partial charge >= 0.3 is 0 Å². The first-order valence-corrected chi connectivity index (χ1v) is 9.95. The molecule has 0 unspecified atom stereocenters. The number of carbonyl (C=O) groups excluding carboxylic acids is 1. The number of pyridine rings is 1. The molecule has 1 atom stereocenters. The molecule has 3 aromatic rings. The van der Waals surface area contributed by atoms with Gasteiger partial charge in [0.25, 0.3) is 0 Å². The van der Waals surface area contributed by atoms with E-state index in [1.807, 2.05) is 55.5 Å². The third-order valence-corrected chi connectivity index (χ3v) is 5.99. The van der Waals surface area contributed by atoms with E-state index in [0.717, 1.165) is 21.6 Å². The summed E-state index contributed by atoms with van der Waals surface area (Å²) in [6.45, 7) is 7.41. The average molecular weight is 392 g/mol. The van der Waals surface area contributed by atoms with Gasteiger partial charge in [0.2, 0.25) is 5.91 Å². The van der Waals surface area contributed by atoms with E-state index in [1.165, 1.54) is 11.8 Å². The minimum Gasteiger partial charge on any atom is -0.337 e. The van der Waals surface area contributed by atoms with Crippen molar-refractivity contribution in [2.45, 2.75) is 38.3 Å². The second-order valence-electron chi connectivity index (χ2n) is 7.22. The molecule has 3 rings (SSSR count). The van der Waals surface area contributed by atoms with Crippen molar-refractivity contribution < 1.29 is 4.79 Å². The number of nitrogens with one attached hydrogen (secondary N) is 1. The van der Waals surface area contributed by atoms with Gasteiger partial charge in [0, 0.05) is 0 Å². The molecular weight excluding hydrogens is 370 g/mol. The number of hydrogen-bond donors (Lipinski definition) is 1. The Balaban J connectivity index is 1.97. The fourth-order valence-corrected chi connectivity index (χ4v) is 3.85. The molecule has 0 radical (unpaired) electrons. The largest absolute Gasteiger partial charge is 0.337 e. The van der Waals surface area contributed by atoms with Gasteiger partial charge in [0.1, 0.15) is 11.6 Å². The summed E-state index contributed by atoms with van der Waals surface area (Å²) in [6.07, 6.45) is 0. The van der Waals surface area contributed by atoms with Gasteiger partial charge in [-0.05, 0) is 43.5 Å². The van der Waals surface area contributed by atoms with Crippen molar-refractivity contribution in [1.82, 2.24) is 14.7 Å². The van der Waals surface area contributed by atoms with E-state index in [0.29, 0.717) is 11.2 Å². The van der Waals surface area contributed by atoms with Crippen molar-refractivity contribution in [3.05, 3.63) is 41.5 Å². The average Bonchev–Trinajstić information content (AvgIpc) is 3.05. The lowest BCUT2D eigenvalue weighted by Crippen LogP contribution is -2.49. The van der Waals surface area contributed by atoms with E-state index in [9.17, 15) is 15.3 Å². The maximum Gasteiger partial charge on any atom is 0.231 e. The van der Waals surface area contributed by atoms with E-state index in [4.69, 9.17) is 0 Å². The summed E-state index contributed by atoms with van der Waals surface area (Å²) in [7, 11) is 0. The van der Waals surface area contributed by atoms with Crippen LogP contribution in [0.25, 0.3) is 16.7 Å². The first-order valence-electron chi connectivity index (χ1n) is 8.96. The van der Waals surface area contributed by atoms with Crippen molar-refractivity contribution in [3.63, 3.8) is 0 Å². The van der Waals surface area contributed by atoms with Crippen LogP contribution in [0.3, 0.4) is 0 Å². The third-order valence-electron chi connectivity index (χ3n) is 4.99. The Kier molecular flexibility index (Phi) is 5.31. The lowest BCUT2D eigenvalue weighted by atomic mass is 9.90. The number of aromatic nitrogens is 2. The molecular formula is C21H21N5OS. The van der Waals surface area contributed by atoms with Crippen LogP contribution in [0.5, 0.6) is 0 Å². The Labute approximate surface area is 168 Å². The van der Waals surface area contributed by atoms with Crippen molar-refractivity contribution in [2.75, 3.05) is 5.75 Å². The number of fused-ring (bicyclic) bond motifs is 3. The Morgan fingerprint density at radius 3 is 2.71 bits per heavy atom. The maximum atomic E-state index is 12.5. The van der Waals surface area contributed by atoms with Crippen LogP contribution in [0, 0.1) is 35.5 Å². The molecule has 1 aromatic carbocycles. The molecule has 1 N–H and O–H groups in total. The predicted octanol–water partition coefficient (Wildman–Crippen LogP) is 3.81. The van der Waals surface area contributed by atoms with Crippen LogP contribution in [0.4, 0.5) is 0 Å². The van der Waals surface area contributed by atoms with Crippen LogP contribution in [0.2, 0.25) is 0 Å². The smallest absolute Gasteiger partial charge is 0.231 e. The zero-order valence-electron chi connectivity index (χ0n) is 16.3. The molecule has 0 aliphatic carbocycles. The van der Waals surface area contributed by atoms with Crippen molar-refractivity contribution >= 4 is 34.3 Å². The minimum atomic E-state index is -0.907. The number of nitriles is 2. The van der Waals surface area contributed by atoms with Gasteiger partial charge in [-0.1, -0.05) is 37.7 Å². The van der Waals surface area contributed by atoms with Crippen LogP contribution < -0.4 is 5.32 Å². The van der Waals surface area contributed by atoms with E-state index < -0.39 is 5.54 Å². The number of benzene rings is 1. The Hall–Kier alpha value is -3.03. The third kappa shape index (κ3) is 3.42. The van der Waals surface area contributed by atoms with Gasteiger partial charge in [-0.15, -0.1) is 0 Å². The first-order chi connectivity index (χ1) is 13.3. The molecule has 142 valence electrons. The molecule has 0 fully saturated rings. The number of nitrogens with zero attached hydrogens (tertiary/aromatic N) is 4. The summed E-state index contributed by atoms with van der Waals surface area (Å²) in [4.78, 5) is 17.1. The first kappa shape index (κ1) is 19.7. The number of carbonyl (C=O) groups is 1. The van der Waals surface area contributed by atoms with Crippen molar-refractivity contribution in [2.24, 2.45) is 5.92 Å². The van der Waals surface area contributed by atoms with E-state index in [2.05, 4.69) is 22.4 Å². The standard InChI is InChI=1S/C21H21N5OS/c1-13(2)21(4,12-23)25-18(27)11-28-19-9-14(3)15(10-22)20-24-16-7-5-6-8-17(16)26(19)20/h5-9,13H,11H2,1-4H3,(H,25,27)/t21-/m0/s1. The number of aryl methyl sites for hydroxylation is 1. The highest BCUT2D eigenvalue weighted by Gasteiger charge is 2.30. The van der Waals surface area contributed by atoms with Gasteiger partial charge in [-0.25, -0.2) is 4.98 Å². The Morgan fingerprint density at radius 1 is 1.36 bits per heavy atom. The zero-order valence-corrected chi connectivity index (χ0v) is 17.1. The van der Waals surface area contributed by atoms with Crippen LogP contribution in [0.1, 0.15) is 31.9 Å². The van der Waals surface area contributed by atoms with Crippen molar-refractivity contribution in [1.29, 1.82) is 10.5 Å². The molecule has 0 saturated heterocycles. The van der Waals surface area contributed by atoms with Crippen LogP contribution in [0.15, 0.2) is 35.4 Å². The highest BCUT2D eigenvalue weighted by molar-refractivity contribution is 7.99. The van der Waals surface area contributed by atoms with E-state index in [1.54, 1.807) is 6.92 Å². The maximum absolute atomic E-state index is 12.5. The van der Waals surface area contributed by atoms with Gasteiger partial charge in [0.05, 0.1) is 33.4 Å². The molecule has 0 bridgehead atoms. The summed E-state index contributed by atoms with van der Waals surface area (Å²) >= 11 is 1.37. The molecule has 0 saturated carbocycles. The van der Waals surface area contributed by atoms with E-state index >= 15 is 0 Å². The number of thioether (sulfide) groups is 1. The number of hydrogen-bond acceptors (Lipinski definition) is 5. The summed E-state index contributed by atoms with van der Waals surface area (Å²) < 4.78 is 1.92. The Morgan fingerprint density at radius 2 is 2.07 bits per heavy atom. The summed E-state index contributed by atoms with van der Waals surface area (Å²) in [6, 6.07) is 14.0. The molecule has 28 heavy (non-hydrogen) atoms. The monoisotopic (exact) mass is 391 g/mol. The highest BCUT2D eigenvalue weighted by atomic mass is 32.2. The number of amides is 1. The van der Waals surface area contributed by atoms with E-state index in [-0.39, 0.29) is 17.6 Å². The second-order valence-corrected chi connectivity index (χ2v) is 8.21. The lowest BCUT2D eigenvalue weighted by Gasteiger charge is -2.27. The molecule has 1 amide bonds. The molecule has 6 nitrogen and oxygen atoms in total. The van der Waals surface area contributed by atoms with Gasteiger partial charge < -0.3 is 5.32 Å². The molecule has 0 aliphatic heterocycles. The number of imidazole rings is 1. The SMILES string of the molecule is Cc1cc(SCC(=O)N[C@@](C)(C#N)C(C)C)n2c(nc3ccccc32)c1C#N. The Bertz CT molecular complexity index is 1150. The fraction of sp³-hybridized carbons (Fsp3) is 0.333. The minimum absolute atomic E-state index is 0.00657. The summed E-state index contributed by atoms with van der Waals surface area (Å²) in [5.74, 6) is -0.0491. The van der Waals surface area contributed by atoms with Crippen LogP contribution in [-0.2, 0) is 4.79 Å². The number of para-hydroxylation sites is 2. The molecule has 7 heteroatoms. The molecule has 2 aromatic heterocycles. The summed E-state index contributed by atoms with van der Waals surface area (Å²) in [5.41, 5.74) is 2.72. The molecule has 2 heterocycles. The summed E-state index contributed by atoms with van der Waals surface area (Å²) in [5, 5.41) is 22.6. The fourth-order valence-electron chi connectivity index (χ4n) is 2.93. The lowest BCUT2D eigenvalue weighted by molar-refractivity contribution is -0.120. The van der Waals surface area contributed by atoms with Crippen LogP contribution in [-0.4, -0.2) is 26.6 Å². The van der Waals surface area contributed by atoms with Gasteiger partial charge in [-0.2, -0.15) is 10.5 Å². The van der Waals surface area contributed by atoms with Crippen LogP contribution >= 0.6 is 11.8 Å². The normalized spacial score (nSPS) is 13.2. The molecule has 0 spiro atoms. The van der Waals surface area contributed by atoms with Crippen molar-refractivity contribution in [3.8, 4) is 12.1 Å². The topological polar surface area (TPSA) is 94.0 Å². The zero-order chi connectivity index (χ0) is 20.5.